The number of hydrogen-bond donors (Lipinski definition) is 3. The van der Waals surface area contributed by atoms with Gasteiger partial charge >= 0.3 is 0 Å². The molecule has 5 aromatic rings. The van der Waals surface area contributed by atoms with Gasteiger partial charge in [-0.05, 0) is 54.4 Å². The van der Waals surface area contributed by atoms with Crippen LogP contribution in [0.1, 0.15) is 5.56 Å². The number of thiazole rings is 1. The number of H-pyrrole nitrogens is 1. The van der Waals surface area contributed by atoms with Crippen molar-refractivity contribution in [2.45, 2.75) is 17.4 Å². The third-order valence-electron chi connectivity index (χ3n) is 6.26. The van der Waals surface area contributed by atoms with Gasteiger partial charge in [0.05, 0.1) is 24.8 Å². The van der Waals surface area contributed by atoms with Crippen molar-refractivity contribution in [2.75, 3.05) is 19.5 Å². The van der Waals surface area contributed by atoms with Gasteiger partial charge in [-0.2, -0.15) is 4.72 Å². The number of para-hydroxylation sites is 1. The van der Waals surface area contributed by atoms with Gasteiger partial charge in [0.25, 0.3) is 0 Å². The highest BCUT2D eigenvalue weighted by Gasteiger charge is 2.28. The van der Waals surface area contributed by atoms with Crippen LogP contribution < -0.4 is 19.5 Å². The van der Waals surface area contributed by atoms with Crippen molar-refractivity contribution in [3.8, 4) is 22.8 Å². The summed E-state index contributed by atoms with van der Waals surface area (Å²) in [6.45, 7) is 0. The number of halogens is 1. The Bertz CT molecular complexity index is 1770. The molecule has 2 aromatic heterocycles. The fourth-order valence-electron chi connectivity index (χ4n) is 4.23. The lowest BCUT2D eigenvalue weighted by Crippen LogP contribution is -2.45. The highest BCUT2D eigenvalue weighted by Crippen LogP contribution is 2.35. The van der Waals surface area contributed by atoms with Crippen LogP contribution >= 0.6 is 27.3 Å². The first-order chi connectivity index (χ1) is 19.3. The van der Waals surface area contributed by atoms with Crippen LogP contribution in [0.4, 0.5) is 5.13 Å². The van der Waals surface area contributed by atoms with E-state index in [9.17, 15) is 13.2 Å². The number of carbonyl (C=O) groups excluding carboxylic acids is 1. The number of anilines is 1. The number of amides is 1. The molecule has 0 unspecified atom stereocenters. The van der Waals surface area contributed by atoms with E-state index in [0.29, 0.717) is 22.3 Å². The molecule has 3 aromatic carbocycles. The summed E-state index contributed by atoms with van der Waals surface area (Å²) in [5, 5.41) is 5.82. The van der Waals surface area contributed by atoms with Crippen LogP contribution in [0.5, 0.6) is 11.5 Å². The van der Waals surface area contributed by atoms with Gasteiger partial charge in [-0.15, -0.1) is 11.3 Å². The summed E-state index contributed by atoms with van der Waals surface area (Å²) >= 11 is 4.55. The topological polar surface area (TPSA) is 122 Å². The third-order valence-corrected chi connectivity index (χ3v) is 9.03. The van der Waals surface area contributed by atoms with E-state index < -0.39 is 22.0 Å². The first-order valence-corrected chi connectivity index (χ1v) is 15.2. The Hall–Kier alpha value is -3.71. The van der Waals surface area contributed by atoms with Crippen molar-refractivity contribution >= 4 is 59.2 Å². The first kappa shape index (κ1) is 27.8. The Labute approximate surface area is 243 Å². The van der Waals surface area contributed by atoms with E-state index in [2.05, 4.69) is 35.9 Å². The van der Waals surface area contributed by atoms with Gasteiger partial charge in [0.1, 0.15) is 17.5 Å². The van der Waals surface area contributed by atoms with E-state index in [1.165, 1.54) is 23.5 Å². The summed E-state index contributed by atoms with van der Waals surface area (Å²) in [7, 11) is -0.883. The monoisotopic (exact) mass is 640 g/mol. The molecule has 0 fully saturated rings. The molecule has 12 heteroatoms. The number of ether oxygens (including phenoxy) is 2. The number of hydrogen-bond acceptors (Lipinski definition) is 7. The van der Waals surface area contributed by atoms with Gasteiger partial charge in [-0.3, -0.25) is 4.79 Å². The predicted molar refractivity (Wildman–Crippen MR) is 160 cm³/mol. The molecule has 2 heterocycles. The standard InChI is InChI=1S/C28H25BrN4O5S2/c1-37-19-9-12-22(26(14-19)38-2)25-16-39-28(31-25)32-27(34)24(13-17-15-30-23-6-4-3-5-21(17)23)33-40(35,36)20-10-7-18(29)8-11-20/h3-12,14-16,24,30,33H,13H2,1-2H3,(H,31,32,34)/t24-/m0/s1. The fourth-order valence-corrected chi connectivity index (χ4v) is 6.41. The number of benzene rings is 3. The van der Waals surface area contributed by atoms with E-state index in [1.54, 1.807) is 50.1 Å². The van der Waals surface area contributed by atoms with Crippen LogP contribution in [-0.2, 0) is 21.2 Å². The van der Waals surface area contributed by atoms with Crippen LogP contribution in [0.25, 0.3) is 22.2 Å². The molecule has 1 amide bonds. The maximum Gasteiger partial charge on any atom is 0.244 e. The molecule has 0 radical (unpaired) electrons. The van der Waals surface area contributed by atoms with Crippen LogP contribution in [0.3, 0.4) is 0 Å². The molecule has 0 bridgehead atoms. The molecule has 0 saturated carbocycles. The molecule has 0 aliphatic carbocycles. The van der Waals surface area contributed by atoms with Crippen molar-refractivity contribution in [1.82, 2.24) is 14.7 Å². The van der Waals surface area contributed by atoms with Gasteiger partial charge in [-0.25, -0.2) is 13.4 Å². The Balaban J connectivity index is 1.42. The Morgan fingerprint density at radius 3 is 2.60 bits per heavy atom. The lowest BCUT2D eigenvalue weighted by molar-refractivity contribution is -0.117. The zero-order chi connectivity index (χ0) is 28.3. The second-order valence-corrected chi connectivity index (χ2v) is 12.3. The maximum absolute atomic E-state index is 13.6. The van der Waals surface area contributed by atoms with Crippen LogP contribution in [0.2, 0.25) is 0 Å². The molecule has 0 saturated heterocycles. The molecule has 40 heavy (non-hydrogen) atoms. The molecule has 1 atom stereocenters. The highest BCUT2D eigenvalue weighted by atomic mass is 79.9. The minimum atomic E-state index is -4.01. The van der Waals surface area contributed by atoms with E-state index in [1.807, 2.05) is 30.3 Å². The SMILES string of the molecule is COc1ccc(-c2csc(NC(=O)[C@H](Cc3c[nH]c4ccccc34)NS(=O)(=O)c3ccc(Br)cc3)n2)c(OC)c1. The van der Waals surface area contributed by atoms with Crippen LogP contribution in [0.15, 0.2) is 87.7 Å². The highest BCUT2D eigenvalue weighted by molar-refractivity contribution is 9.10. The lowest BCUT2D eigenvalue weighted by atomic mass is 10.1. The summed E-state index contributed by atoms with van der Waals surface area (Å²) < 4.78 is 40.6. The lowest BCUT2D eigenvalue weighted by Gasteiger charge is -2.18. The van der Waals surface area contributed by atoms with Gasteiger partial charge in [0.2, 0.25) is 15.9 Å². The van der Waals surface area contributed by atoms with Gasteiger partial charge in [-0.1, -0.05) is 34.1 Å². The third kappa shape index (κ3) is 6.04. The van der Waals surface area contributed by atoms with Gasteiger partial charge < -0.3 is 19.8 Å². The number of fused-ring (bicyclic) bond motifs is 1. The number of aromatic nitrogens is 2. The molecule has 0 spiro atoms. The van der Waals surface area contributed by atoms with Gasteiger partial charge in [0.15, 0.2) is 5.13 Å². The summed E-state index contributed by atoms with van der Waals surface area (Å²) in [5.41, 5.74) is 3.03. The number of nitrogens with one attached hydrogen (secondary N) is 3. The number of rotatable bonds is 10. The minimum Gasteiger partial charge on any atom is -0.497 e. The summed E-state index contributed by atoms with van der Waals surface area (Å²) in [4.78, 5) is 21.3. The Kier molecular flexibility index (Phi) is 8.22. The summed E-state index contributed by atoms with van der Waals surface area (Å²) in [6, 6.07) is 18.1. The number of methoxy groups -OCH3 is 2. The first-order valence-electron chi connectivity index (χ1n) is 12.1. The van der Waals surface area contributed by atoms with E-state index in [0.717, 1.165) is 26.5 Å². The van der Waals surface area contributed by atoms with E-state index >= 15 is 0 Å². The molecule has 0 aliphatic rings. The Morgan fingerprint density at radius 2 is 1.85 bits per heavy atom. The van der Waals surface area contributed by atoms with Crippen molar-refractivity contribution in [2.24, 2.45) is 0 Å². The maximum atomic E-state index is 13.6. The molecule has 9 nitrogen and oxygen atoms in total. The zero-order valence-electron chi connectivity index (χ0n) is 21.5. The van der Waals surface area contributed by atoms with Crippen molar-refractivity contribution in [1.29, 1.82) is 0 Å². The van der Waals surface area contributed by atoms with E-state index in [-0.39, 0.29) is 11.3 Å². The average Bonchev–Trinajstić information content (AvgIpc) is 3.59. The smallest absolute Gasteiger partial charge is 0.244 e. The number of sulfonamides is 1. The van der Waals surface area contributed by atoms with Gasteiger partial charge in [0, 0.05) is 38.6 Å². The van der Waals surface area contributed by atoms with Crippen molar-refractivity contribution in [3.05, 3.63) is 88.3 Å². The molecule has 206 valence electrons. The van der Waals surface area contributed by atoms with Crippen LogP contribution in [0, 0.1) is 0 Å². The molecular weight excluding hydrogens is 616 g/mol. The quantitative estimate of drug-likeness (QED) is 0.183. The van der Waals surface area contributed by atoms with Crippen molar-refractivity contribution in [3.63, 3.8) is 0 Å². The zero-order valence-corrected chi connectivity index (χ0v) is 24.7. The average molecular weight is 642 g/mol. The second kappa shape index (κ2) is 11.8. The number of carbonyl (C=O) groups is 1. The van der Waals surface area contributed by atoms with E-state index in [4.69, 9.17) is 9.47 Å². The largest absolute Gasteiger partial charge is 0.497 e. The summed E-state index contributed by atoms with van der Waals surface area (Å²) in [6.07, 6.45) is 1.91. The normalized spacial score (nSPS) is 12.3. The number of aromatic amines is 1. The molecule has 0 aliphatic heterocycles. The molecular formula is C28H25BrN4O5S2. The summed E-state index contributed by atoms with van der Waals surface area (Å²) in [5.74, 6) is 0.679. The fraction of sp³-hybridized carbons (Fsp3) is 0.143. The van der Waals surface area contributed by atoms with Crippen LogP contribution in [-0.4, -0.2) is 44.6 Å². The Morgan fingerprint density at radius 1 is 1.07 bits per heavy atom. The molecule has 3 N–H and O–H groups in total. The minimum absolute atomic E-state index is 0.0514. The number of nitrogens with zero attached hydrogens (tertiary/aromatic N) is 1. The second-order valence-electron chi connectivity index (χ2n) is 8.78. The predicted octanol–water partition coefficient (Wildman–Crippen LogP) is 5.60. The van der Waals surface area contributed by atoms with Crippen molar-refractivity contribution < 1.29 is 22.7 Å². The molecule has 5 rings (SSSR count).